The van der Waals surface area contributed by atoms with Crippen LogP contribution in [0.1, 0.15) is 18.9 Å². The van der Waals surface area contributed by atoms with E-state index in [-0.39, 0.29) is 40.7 Å². The maximum atomic E-state index is 2.33. The summed E-state index contributed by atoms with van der Waals surface area (Å²) < 4.78 is 0. The maximum Gasteiger partial charge on any atom is 0 e. The molecule has 3 aromatic rings. The van der Waals surface area contributed by atoms with Gasteiger partial charge in [-0.3, -0.25) is 0 Å². The van der Waals surface area contributed by atoms with Crippen molar-refractivity contribution in [1.29, 1.82) is 0 Å². The Hall–Kier alpha value is -0.820. The fourth-order valence-corrected chi connectivity index (χ4v) is 2.44. The minimum atomic E-state index is 0. The minimum absolute atomic E-state index is 0. The standard InChI is InChI=1S/C16H15.2CH3.Hf/c1-2-5-12-8-9-15-10-13-6-3-4-7-14(13)11-16(12)15;;;/h3-4,6-11H,2,5H2,1H3;2*1H3;/q3*-1;. The van der Waals surface area contributed by atoms with Crippen molar-refractivity contribution in [2.24, 2.45) is 0 Å². The Labute approximate surface area is 136 Å². The van der Waals surface area contributed by atoms with Gasteiger partial charge >= 0.3 is 0 Å². The van der Waals surface area contributed by atoms with E-state index in [0.717, 1.165) is 0 Å². The van der Waals surface area contributed by atoms with Gasteiger partial charge in [0.2, 0.25) is 0 Å². The molecule has 0 aliphatic carbocycles. The molecule has 3 rings (SSSR count). The predicted molar refractivity (Wildman–Crippen MR) is 83.9 cm³/mol. The van der Waals surface area contributed by atoms with Gasteiger partial charge in [0.05, 0.1) is 0 Å². The second-order valence-electron chi connectivity index (χ2n) is 4.40. The van der Waals surface area contributed by atoms with Gasteiger partial charge in [0, 0.05) is 25.8 Å². The van der Waals surface area contributed by atoms with Gasteiger partial charge in [-0.2, -0.15) is 6.07 Å². The molecule has 0 nitrogen and oxygen atoms in total. The van der Waals surface area contributed by atoms with Crippen LogP contribution in [-0.2, 0) is 32.3 Å². The van der Waals surface area contributed by atoms with Gasteiger partial charge in [-0.15, -0.1) is 28.5 Å². The summed E-state index contributed by atoms with van der Waals surface area (Å²) in [4.78, 5) is 0. The van der Waals surface area contributed by atoms with Crippen LogP contribution in [0.15, 0.2) is 48.5 Å². The summed E-state index contributed by atoms with van der Waals surface area (Å²) in [7, 11) is 0. The molecule has 0 aliphatic heterocycles. The molecule has 1 heteroatoms. The molecular formula is C18H21Hf-3. The quantitative estimate of drug-likeness (QED) is 0.379. The second-order valence-corrected chi connectivity index (χ2v) is 4.40. The van der Waals surface area contributed by atoms with Crippen molar-refractivity contribution in [3.05, 3.63) is 68.9 Å². The third-order valence-electron chi connectivity index (χ3n) is 3.25. The van der Waals surface area contributed by atoms with E-state index in [1.165, 1.54) is 39.9 Å². The number of aryl methyl sites for hydroxylation is 1. The fourth-order valence-electron chi connectivity index (χ4n) is 2.44. The number of hydrogen-bond donors (Lipinski definition) is 0. The van der Waals surface area contributed by atoms with E-state index in [4.69, 9.17) is 0 Å². The normalized spacial score (nSPS) is 9.53. The van der Waals surface area contributed by atoms with Crippen LogP contribution in [0.4, 0.5) is 0 Å². The van der Waals surface area contributed by atoms with Crippen LogP contribution in [0.5, 0.6) is 0 Å². The van der Waals surface area contributed by atoms with Gasteiger partial charge in [-0.05, 0) is 5.39 Å². The topological polar surface area (TPSA) is 0 Å². The molecule has 0 aliphatic rings. The van der Waals surface area contributed by atoms with E-state index in [2.05, 4.69) is 55.5 Å². The molecule has 0 unspecified atom stereocenters. The first-order valence-corrected chi connectivity index (χ1v) is 5.95. The first-order valence-electron chi connectivity index (χ1n) is 5.95. The average molecular weight is 416 g/mol. The Morgan fingerprint density at radius 2 is 1.53 bits per heavy atom. The summed E-state index contributed by atoms with van der Waals surface area (Å²) >= 11 is 0. The Kier molecular flexibility index (Phi) is 7.36. The van der Waals surface area contributed by atoms with Crippen LogP contribution in [-0.4, -0.2) is 0 Å². The number of benzene rings is 2. The molecule has 0 atom stereocenters. The molecule has 0 amide bonds. The van der Waals surface area contributed by atoms with Crippen LogP contribution >= 0.6 is 0 Å². The molecule has 0 saturated heterocycles. The van der Waals surface area contributed by atoms with Crippen molar-refractivity contribution >= 4 is 21.5 Å². The Balaban J connectivity index is 0.00000108. The maximum absolute atomic E-state index is 2.33. The zero-order valence-corrected chi connectivity index (χ0v) is 15.6. The van der Waals surface area contributed by atoms with E-state index in [9.17, 15) is 0 Å². The summed E-state index contributed by atoms with van der Waals surface area (Å²) in [6.45, 7) is 2.24. The molecule has 0 heterocycles. The first-order chi connectivity index (χ1) is 7.88. The van der Waals surface area contributed by atoms with Crippen molar-refractivity contribution in [1.82, 2.24) is 0 Å². The molecule has 0 saturated carbocycles. The average Bonchev–Trinajstić information content (AvgIpc) is 2.70. The zero-order valence-electron chi connectivity index (χ0n) is 12.0. The van der Waals surface area contributed by atoms with E-state index < -0.39 is 0 Å². The summed E-state index contributed by atoms with van der Waals surface area (Å²) in [6, 6.07) is 17.7. The molecular weight excluding hydrogens is 395 g/mol. The monoisotopic (exact) mass is 417 g/mol. The van der Waals surface area contributed by atoms with Crippen molar-refractivity contribution < 1.29 is 25.8 Å². The van der Waals surface area contributed by atoms with E-state index >= 15 is 0 Å². The van der Waals surface area contributed by atoms with Gasteiger partial charge in [-0.25, -0.2) is 0 Å². The Bertz CT molecular complexity index is 634. The molecule has 100 valence electrons. The van der Waals surface area contributed by atoms with Crippen LogP contribution in [0.2, 0.25) is 0 Å². The number of rotatable bonds is 2. The van der Waals surface area contributed by atoms with Gasteiger partial charge in [0.25, 0.3) is 0 Å². The van der Waals surface area contributed by atoms with Gasteiger partial charge in [0.15, 0.2) is 0 Å². The Morgan fingerprint density at radius 1 is 0.895 bits per heavy atom. The summed E-state index contributed by atoms with van der Waals surface area (Å²) in [5.41, 5.74) is 1.49. The summed E-state index contributed by atoms with van der Waals surface area (Å²) in [6.07, 6.45) is 2.40. The predicted octanol–water partition coefficient (Wildman–Crippen LogP) is 5.56. The SMILES string of the molecule is CCC[c-]1ccc2cc3ccccc3cc21.[CH3-].[CH3-].[Hf]. The van der Waals surface area contributed by atoms with Gasteiger partial charge < -0.3 is 14.9 Å². The number of hydrogen-bond acceptors (Lipinski definition) is 0. The number of fused-ring (bicyclic) bond motifs is 2. The van der Waals surface area contributed by atoms with Gasteiger partial charge in [0.1, 0.15) is 0 Å². The molecule has 3 aromatic carbocycles. The second kappa shape index (κ2) is 7.69. The van der Waals surface area contributed by atoms with Crippen LogP contribution in [0.25, 0.3) is 21.5 Å². The third kappa shape index (κ3) is 3.39. The third-order valence-corrected chi connectivity index (χ3v) is 3.25. The molecule has 19 heavy (non-hydrogen) atoms. The smallest absolute Gasteiger partial charge is 0 e. The van der Waals surface area contributed by atoms with Crippen molar-refractivity contribution in [3.8, 4) is 0 Å². The summed E-state index contributed by atoms with van der Waals surface area (Å²) in [5.74, 6) is 0. The molecule has 0 aromatic heterocycles. The van der Waals surface area contributed by atoms with Crippen LogP contribution < -0.4 is 0 Å². The van der Waals surface area contributed by atoms with Crippen molar-refractivity contribution in [3.63, 3.8) is 0 Å². The molecule has 0 radical (unpaired) electrons. The van der Waals surface area contributed by atoms with Crippen LogP contribution in [0, 0.1) is 14.9 Å². The summed E-state index contributed by atoms with van der Waals surface area (Å²) in [5, 5.41) is 5.49. The molecule has 0 fully saturated rings. The minimum Gasteiger partial charge on any atom is -0.358 e. The van der Waals surface area contributed by atoms with E-state index in [1.807, 2.05) is 0 Å². The largest absolute Gasteiger partial charge is 0.358 e. The molecule has 0 spiro atoms. The first kappa shape index (κ1) is 18.2. The van der Waals surface area contributed by atoms with Crippen molar-refractivity contribution in [2.45, 2.75) is 19.8 Å². The molecule has 0 N–H and O–H groups in total. The van der Waals surface area contributed by atoms with E-state index in [1.54, 1.807) is 0 Å². The molecule has 0 bridgehead atoms. The van der Waals surface area contributed by atoms with Gasteiger partial charge in [-0.1, -0.05) is 55.5 Å². The van der Waals surface area contributed by atoms with Crippen molar-refractivity contribution in [2.75, 3.05) is 0 Å². The fraction of sp³-hybridized carbons (Fsp3) is 0.167. The van der Waals surface area contributed by atoms with E-state index in [0.29, 0.717) is 0 Å². The zero-order chi connectivity index (χ0) is 11.0. The Morgan fingerprint density at radius 3 is 2.16 bits per heavy atom. The van der Waals surface area contributed by atoms with Crippen LogP contribution in [0.3, 0.4) is 0 Å².